The lowest BCUT2D eigenvalue weighted by Gasteiger charge is -2.38. The van der Waals surface area contributed by atoms with Crippen molar-refractivity contribution in [2.24, 2.45) is 0 Å². The van der Waals surface area contributed by atoms with E-state index in [1.54, 1.807) is 0 Å². The van der Waals surface area contributed by atoms with E-state index in [2.05, 4.69) is 0 Å². The lowest BCUT2D eigenvalue weighted by Crippen LogP contribution is -2.45. The van der Waals surface area contributed by atoms with Gasteiger partial charge >= 0.3 is 5.97 Å². The zero-order chi connectivity index (χ0) is 14.2. The number of hydrogen-bond acceptors (Lipinski definition) is 4. The Kier molecular flexibility index (Phi) is 3.35. The molecule has 3 rings (SSSR count). The number of carboxylic acids is 1. The third-order valence-electron chi connectivity index (χ3n) is 3.87. The predicted octanol–water partition coefficient (Wildman–Crippen LogP) is 1.87. The largest absolute Gasteiger partial charge is 0.478 e. The summed E-state index contributed by atoms with van der Waals surface area (Å²) in [6, 6.07) is 4.01. The van der Waals surface area contributed by atoms with Crippen LogP contribution in [0.5, 0.6) is 0 Å². The van der Waals surface area contributed by atoms with Gasteiger partial charge in [-0.3, -0.25) is 0 Å². The van der Waals surface area contributed by atoms with Crippen LogP contribution in [0, 0.1) is 5.82 Å². The van der Waals surface area contributed by atoms with Crippen molar-refractivity contribution in [3.8, 4) is 0 Å². The molecule has 1 aromatic rings. The minimum absolute atomic E-state index is 0.0396. The van der Waals surface area contributed by atoms with Crippen molar-refractivity contribution in [1.82, 2.24) is 0 Å². The first-order valence-corrected chi connectivity index (χ1v) is 6.65. The summed E-state index contributed by atoms with van der Waals surface area (Å²) < 4.78 is 25.2. The second-order valence-electron chi connectivity index (χ2n) is 5.07. The second-order valence-corrected chi connectivity index (χ2v) is 5.07. The molecule has 2 aliphatic heterocycles. The molecule has 0 radical (unpaired) electrons. The molecule has 20 heavy (non-hydrogen) atoms. The maximum absolute atomic E-state index is 14.0. The van der Waals surface area contributed by atoms with Gasteiger partial charge in [-0.1, -0.05) is 0 Å². The van der Waals surface area contributed by atoms with Crippen molar-refractivity contribution < 1.29 is 23.8 Å². The highest BCUT2D eigenvalue weighted by Gasteiger charge is 2.40. The van der Waals surface area contributed by atoms with Gasteiger partial charge in [-0.2, -0.15) is 0 Å². The van der Waals surface area contributed by atoms with Crippen molar-refractivity contribution in [3.63, 3.8) is 0 Å². The van der Waals surface area contributed by atoms with Crippen molar-refractivity contribution >= 4 is 11.7 Å². The fraction of sp³-hybridized carbons (Fsp3) is 0.500. The Labute approximate surface area is 115 Å². The van der Waals surface area contributed by atoms with Gasteiger partial charge in [0.15, 0.2) is 5.79 Å². The molecular formula is C14H16FNO4. The lowest BCUT2D eigenvalue weighted by atomic mass is 10.0. The van der Waals surface area contributed by atoms with E-state index in [0.29, 0.717) is 44.8 Å². The first kappa shape index (κ1) is 13.3. The molecule has 1 spiro atoms. The van der Waals surface area contributed by atoms with E-state index < -0.39 is 17.6 Å². The summed E-state index contributed by atoms with van der Waals surface area (Å²) in [4.78, 5) is 12.7. The van der Waals surface area contributed by atoms with Crippen molar-refractivity contribution in [2.75, 3.05) is 31.2 Å². The zero-order valence-electron chi connectivity index (χ0n) is 11.0. The Morgan fingerprint density at radius 2 is 1.90 bits per heavy atom. The molecule has 0 bridgehead atoms. The number of hydrogen-bond donors (Lipinski definition) is 1. The summed E-state index contributed by atoms with van der Waals surface area (Å²) >= 11 is 0. The number of halogens is 1. The maximum Gasteiger partial charge on any atom is 0.335 e. The van der Waals surface area contributed by atoms with E-state index in [4.69, 9.17) is 14.6 Å². The van der Waals surface area contributed by atoms with Crippen LogP contribution in [0.2, 0.25) is 0 Å². The van der Waals surface area contributed by atoms with E-state index in [1.807, 2.05) is 4.90 Å². The van der Waals surface area contributed by atoms with E-state index in [1.165, 1.54) is 12.1 Å². The van der Waals surface area contributed by atoms with Gasteiger partial charge in [0.1, 0.15) is 5.82 Å². The molecule has 5 nitrogen and oxygen atoms in total. The fourth-order valence-corrected chi connectivity index (χ4v) is 2.77. The Hall–Kier alpha value is -1.66. The number of rotatable bonds is 2. The SMILES string of the molecule is O=C(O)c1ccc(N2CCC3(CC2)OCCO3)c(F)c1. The summed E-state index contributed by atoms with van der Waals surface area (Å²) in [5, 5.41) is 8.84. The van der Waals surface area contributed by atoms with Crippen LogP contribution >= 0.6 is 0 Å². The van der Waals surface area contributed by atoms with Crippen molar-refractivity contribution in [3.05, 3.63) is 29.6 Å². The Balaban J connectivity index is 1.73. The van der Waals surface area contributed by atoms with Gasteiger partial charge < -0.3 is 19.5 Å². The Morgan fingerprint density at radius 3 is 2.45 bits per heavy atom. The summed E-state index contributed by atoms with van der Waals surface area (Å²) in [6.07, 6.45) is 1.38. The molecule has 2 fully saturated rings. The number of carboxylic acid groups (broad SMARTS) is 1. The van der Waals surface area contributed by atoms with Gasteiger partial charge in [0.2, 0.25) is 0 Å². The first-order valence-electron chi connectivity index (χ1n) is 6.65. The van der Waals surface area contributed by atoms with Crippen LogP contribution in [0.15, 0.2) is 18.2 Å². The van der Waals surface area contributed by atoms with Crippen LogP contribution < -0.4 is 4.90 Å². The topological polar surface area (TPSA) is 59.0 Å². The average Bonchev–Trinajstić information content (AvgIpc) is 2.88. The molecule has 0 unspecified atom stereocenters. The smallest absolute Gasteiger partial charge is 0.335 e. The van der Waals surface area contributed by atoms with Crippen molar-refractivity contribution in [1.29, 1.82) is 0 Å². The molecule has 2 heterocycles. The van der Waals surface area contributed by atoms with Crippen LogP contribution in [0.3, 0.4) is 0 Å². The normalized spacial score (nSPS) is 21.4. The standard InChI is InChI=1S/C14H16FNO4/c15-11-9-10(13(17)18)1-2-12(11)16-5-3-14(4-6-16)19-7-8-20-14/h1-2,9H,3-8H2,(H,17,18). The molecular weight excluding hydrogens is 265 g/mol. The van der Waals surface area contributed by atoms with E-state index in [9.17, 15) is 9.18 Å². The van der Waals surface area contributed by atoms with Crippen LogP contribution in [0.1, 0.15) is 23.2 Å². The summed E-state index contributed by atoms with van der Waals surface area (Å²) in [6.45, 7) is 2.48. The van der Waals surface area contributed by atoms with E-state index >= 15 is 0 Å². The number of benzene rings is 1. The highest BCUT2D eigenvalue weighted by molar-refractivity contribution is 5.88. The number of carbonyl (C=O) groups is 1. The van der Waals surface area contributed by atoms with Crippen LogP contribution in [-0.2, 0) is 9.47 Å². The van der Waals surface area contributed by atoms with E-state index in [0.717, 1.165) is 6.07 Å². The van der Waals surface area contributed by atoms with Gasteiger partial charge in [0.05, 0.1) is 24.5 Å². The predicted molar refractivity (Wildman–Crippen MR) is 69.4 cm³/mol. The molecule has 6 heteroatoms. The molecule has 1 aromatic carbocycles. The molecule has 0 aliphatic carbocycles. The monoisotopic (exact) mass is 281 g/mol. The van der Waals surface area contributed by atoms with Crippen LogP contribution in [0.4, 0.5) is 10.1 Å². The Bertz CT molecular complexity index is 518. The van der Waals surface area contributed by atoms with Crippen LogP contribution in [-0.4, -0.2) is 43.2 Å². The molecule has 1 N–H and O–H groups in total. The maximum atomic E-state index is 14.0. The number of ether oxygens (including phenoxy) is 2. The zero-order valence-corrected chi connectivity index (χ0v) is 11.0. The molecule has 0 aromatic heterocycles. The summed E-state index contributed by atoms with van der Waals surface area (Å²) in [5.41, 5.74) is 0.394. The van der Waals surface area contributed by atoms with Crippen molar-refractivity contribution in [2.45, 2.75) is 18.6 Å². The number of aromatic carboxylic acids is 1. The highest BCUT2D eigenvalue weighted by Crippen LogP contribution is 2.34. The molecule has 0 atom stereocenters. The second kappa shape index (κ2) is 5.03. The lowest BCUT2D eigenvalue weighted by molar-refractivity contribution is -0.169. The van der Waals surface area contributed by atoms with Gasteiger partial charge in [-0.05, 0) is 18.2 Å². The van der Waals surface area contributed by atoms with Gasteiger partial charge in [0, 0.05) is 25.9 Å². The summed E-state index contributed by atoms with van der Waals surface area (Å²) in [5.74, 6) is -2.12. The molecule has 2 saturated heterocycles. The minimum atomic E-state index is -1.12. The third kappa shape index (κ3) is 2.36. The van der Waals surface area contributed by atoms with Crippen LogP contribution in [0.25, 0.3) is 0 Å². The van der Waals surface area contributed by atoms with E-state index in [-0.39, 0.29) is 5.56 Å². The minimum Gasteiger partial charge on any atom is -0.478 e. The quantitative estimate of drug-likeness (QED) is 0.896. The van der Waals surface area contributed by atoms with Gasteiger partial charge in [0.25, 0.3) is 0 Å². The first-order chi connectivity index (χ1) is 9.60. The van der Waals surface area contributed by atoms with Gasteiger partial charge in [-0.25, -0.2) is 9.18 Å². The molecule has 0 amide bonds. The number of nitrogens with zero attached hydrogens (tertiary/aromatic N) is 1. The summed E-state index contributed by atoms with van der Waals surface area (Å²) in [7, 11) is 0. The third-order valence-corrected chi connectivity index (χ3v) is 3.87. The molecule has 0 saturated carbocycles. The Morgan fingerprint density at radius 1 is 1.25 bits per heavy atom. The average molecular weight is 281 g/mol. The number of anilines is 1. The molecule has 108 valence electrons. The van der Waals surface area contributed by atoms with Gasteiger partial charge in [-0.15, -0.1) is 0 Å². The fourth-order valence-electron chi connectivity index (χ4n) is 2.77. The number of piperidine rings is 1. The molecule has 2 aliphatic rings. The highest BCUT2D eigenvalue weighted by atomic mass is 19.1.